The van der Waals surface area contributed by atoms with Gasteiger partial charge in [-0.2, -0.15) is 0 Å². The second-order valence-electron chi connectivity index (χ2n) is 4.09. The third kappa shape index (κ3) is 1.52. The van der Waals surface area contributed by atoms with Crippen LogP contribution in [-0.4, -0.2) is 20.8 Å². The van der Waals surface area contributed by atoms with E-state index in [9.17, 15) is 4.39 Å². The predicted molar refractivity (Wildman–Crippen MR) is 50.2 cm³/mol. The fraction of sp³-hybridized carbons (Fsp3) is 0.778. The summed E-state index contributed by atoms with van der Waals surface area (Å²) in [6.45, 7) is 0. The molecule has 0 amide bonds. The van der Waals surface area contributed by atoms with Crippen LogP contribution in [0.25, 0.3) is 0 Å². The largest absolute Gasteiger partial charge is 0.328 e. The van der Waals surface area contributed by atoms with Crippen molar-refractivity contribution < 1.29 is 4.39 Å². The van der Waals surface area contributed by atoms with Crippen molar-refractivity contribution in [3.8, 4) is 0 Å². The predicted octanol–water partition coefficient (Wildman–Crippen LogP) is 0.881. The van der Waals surface area contributed by atoms with Crippen molar-refractivity contribution in [1.82, 2.24) is 14.8 Å². The molecular weight excluding hydrogens is 183 g/mol. The van der Waals surface area contributed by atoms with Gasteiger partial charge < -0.3 is 10.3 Å². The Morgan fingerprint density at radius 2 is 2.50 bits per heavy atom. The average molecular weight is 198 g/mol. The highest BCUT2D eigenvalue weighted by atomic mass is 19.1. The summed E-state index contributed by atoms with van der Waals surface area (Å²) in [6, 6.07) is -0.0505. The number of nitrogens with zero attached hydrogens (tertiary/aromatic N) is 3. The van der Waals surface area contributed by atoms with Crippen LogP contribution >= 0.6 is 0 Å². The molecule has 0 spiro atoms. The van der Waals surface area contributed by atoms with Crippen molar-refractivity contribution in [2.45, 2.75) is 37.4 Å². The Balaban J connectivity index is 2.27. The highest BCUT2D eigenvalue weighted by molar-refractivity contribution is 5.05. The number of aromatic nitrogens is 3. The third-order valence-electron chi connectivity index (χ3n) is 2.85. The van der Waals surface area contributed by atoms with Gasteiger partial charge in [0.05, 0.1) is 0 Å². The topological polar surface area (TPSA) is 56.7 Å². The zero-order valence-electron chi connectivity index (χ0n) is 8.28. The van der Waals surface area contributed by atoms with E-state index in [1.807, 2.05) is 0 Å². The molecule has 2 rings (SSSR count). The molecule has 1 saturated carbocycles. The van der Waals surface area contributed by atoms with Crippen LogP contribution < -0.4 is 5.73 Å². The molecule has 1 aromatic heterocycles. The van der Waals surface area contributed by atoms with E-state index in [1.54, 1.807) is 11.6 Å². The molecule has 1 aliphatic rings. The molecule has 0 bridgehead atoms. The van der Waals surface area contributed by atoms with Crippen molar-refractivity contribution in [1.29, 1.82) is 0 Å². The Morgan fingerprint density at radius 1 is 1.71 bits per heavy atom. The lowest BCUT2D eigenvalue weighted by molar-refractivity contribution is 0.0810. The van der Waals surface area contributed by atoms with Gasteiger partial charge >= 0.3 is 0 Å². The van der Waals surface area contributed by atoms with Crippen molar-refractivity contribution in [2.24, 2.45) is 12.8 Å². The van der Waals surface area contributed by atoms with Gasteiger partial charge in [0, 0.05) is 19.5 Å². The lowest BCUT2D eigenvalue weighted by Crippen LogP contribution is -2.37. The maximum Gasteiger partial charge on any atom is 0.171 e. The lowest BCUT2D eigenvalue weighted by atomic mass is 9.83. The Kier molecular flexibility index (Phi) is 2.26. The minimum absolute atomic E-state index is 0.0505. The maximum absolute atomic E-state index is 14.4. The molecule has 0 radical (unpaired) electrons. The molecular formula is C9H15FN4. The van der Waals surface area contributed by atoms with Crippen LogP contribution in [0.2, 0.25) is 0 Å². The molecule has 2 N–H and O–H groups in total. The smallest absolute Gasteiger partial charge is 0.171 e. The molecule has 1 fully saturated rings. The second-order valence-corrected chi connectivity index (χ2v) is 4.09. The van der Waals surface area contributed by atoms with E-state index < -0.39 is 5.67 Å². The summed E-state index contributed by atoms with van der Waals surface area (Å²) in [7, 11) is 1.76. The van der Waals surface area contributed by atoms with Crippen molar-refractivity contribution in [3.63, 3.8) is 0 Å². The number of hydrogen-bond acceptors (Lipinski definition) is 3. The van der Waals surface area contributed by atoms with Crippen LogP contribution in [-0.2, 0) is 12.7 Å². The molecule has 1 aliphatic carbocycles. The van der Waals surface area contributed by atoms with Crippen LogP contribution in [0.15, 0.2) is 6.33 Å². The molecule has 0 aliphatic heterocycles. The van der Waals surface area contributed by atoms with Gasteiger partial charge in [0.15, 0.2) is 11.5 Å². The van der Waals surface area contributed by atoms with Crippen molar-refractivity contribution in [2.75, 3.05) is 0 Å². The van der Waals surface area contributed by atoms with E-state index in [2.05, 4.69) is 10.2 Å². The number of alkyl halides is 1. The Bertz CT molecular complexity index is 324. The summed E-state index contributed by atoms with van der Waals surface area (Å²) in [5.74, 6) is 0.410. The van der Waals surface area contributed by atoms with Crippen LogP contribution in [0.1, 0.15) is 31.5 Å². The Morgan fingerprint density at radius 3 is 3.07 bits per heavy atom. The van der Waals surface area contributed by atoms with Crippen LogP contribution in [0, 0.1) is 0 Å². The molecule has 2 atom stereocenters. The van der Waals surface area contributed by atoms with Crippen molar-refractivity contribution in [3.05, 3.63) is 12.2 Å². The number of nitrogens with two attached hydrogens (primary N) is 1. The van der Waals surface area contributed by atoms with Gasteiger partial charge in [0.1, 0.15) is 6.33 Å². The first-order valence-electron chi connectivity index (χ1n) is 4.91. The van der Waals surface area contributed by atoms with Crippen LogP contribution in [0.5, 0.6) is 0 Å². The summed E-state index contributed by atoms with van der Waals surface area (Å²) >= 11 is 0. The van der Waals surface area contributed by atoms with E-state index in [1.165, 1.54) is 6.33 Å². The molecule has 2 unspecified atom stereocenters. The van der Waals surface area contributed by atoms with Crippen molar-refractivity contribution >= 4 is 0 Å². The highest BCUT2D eigenvalue weighted by Gasteiger charge is 2.40. The van der Waals surface area contributed by atoms with Gasteiger partial charge in [-0.15, -0.1) is 10.2 Å². The SMILES string of the molecule is Cn1cnnc1C1(F)CCCC(N)C1. The Labute approximate surface area is 82.3 Å². The quantitative estimate of drug-likeness (QED) is 0.728. The first-order valence-corrected chi connectivity index (χ1v) is 4.91. The summed E-state index contributed by atoms with van der Waals surface area (Å²) in [5, 5.41) is 7.53. The van der Waals surface area contributed by atoms with Gasteiger partial charge in [-0.1, -0.05) is 0 Å². The number of hydrogen-bond donors (Lipinski definition) is 1. The van der Waals surface area contributed by atoms with Gasteiger partial charge in [-0.3, -0.25) is 0 Å². The summed E-state index contributed by atoms with van der Waals surface area (Å²) < 4.78 is 16.1. The van der Waals surface area contributed by atoms with E-state index in [4.69, 9.17) is 5.73 Å². The second kappa shape index (κ2) is 3.31. The first-order chi connectivity index (χ1) is 6.62. The molecule has 4 nitrogen and oxygen atoms in total. The fourth-order valence-electron chi connectivity index (χ4n) is 2.16. The monoisotopic (exact) mass is 198 g/mol. The van der Waals surface area contributed by atoms with E-state index in [0.29, 0.717) is 18.7 Å². The molecule has 5 heteroatoms. The number of halogens is 1. The van der Waals surface area contributed by atoms with Crippen LogP contribution in [0.3, 0.4) is 0 Å². The zero-order chi connectivity index (χ0) is 10.2. The highest BCUT2D eigenvalue weighted by Crippen LogP contribution is 2.38. The fourth-order valence-corrected chi connectivity index (χ4v) is 2.16. The number of rotatable bonds is 1. The molecule has 0 saturated heterocycles. The minimum Gasteiger partial charge on any atom is -0.328 e. The van der Waals surface area contributed by atoms with Gasteiger partial charge in [-0.05, 0) is 19.3 Å². The zero-order valence-corrected chi connectivity index (χ0v) is 8.28. The standard InChI is InChI=1S/C9H15FN4/c1-14-6-12-13-8(14)9(10)4-2-3-7(11)5-9/h6-7H,2-5,11H2,1H3. The van der Waals surface area contributed by atoms with Gasteiger partial charge in [0.2, 0.25) is 0 Å². The first kappa shape index (κ1) is 9.58. The van der Waals surface area contributed by atoms with Gasteiger partial charge in [-0.25, -0.2) is 4.39 Å². The van der Waals surface area contributed by atoms with E-state index in [0.717, 1.165) is 12.8 Å². The van der Waals surface area contributed by atoms with E-state index >= 15 is 0 Å². The summed E-state index contributed by atoms with van der Waals surface area (Å²) in [4.78, 5) is 0. The third-order valence-corrected chi connectivity index (χ3v) is 2.85. The van der Waals surface area contributed by atoms with E-state index in [-0.39, 0.29) is 6.04 Å². The molecule has 0 aromatic carbocycles. The Hall–Kier alpha value is -0.970. The molecule has 1 aromatic rings. The molecule has 78 valence electrons. The number of aryl methyl sites for hydroxylation is 1. The maximum atomic E-state index is 14.4. The average Bonchev–Trinajstić information content (AvgIpc) is 2.51. The molecule has 14 heavy (non-hydrogen) atoms. The van der Waals surface area contributed by atoms with Gasteiger partial charge in [0.25, 0.3) is 0 Å². The summed E-state index contributed by atoms with van der Waals surface area (Å²) in [6.07, 6.45) is 4.12. The lowest BCUT2D eigenvalue weighted by Gasteiger charge is -2.31. The summed E-state index contributed by atoms with van der Waals surface area (Å²) in [5.41, 5.74) is 4.40. The minimum atomic E-state index is -1.37. The normalized spacial score (nSPS) is 33.2. The van der Waals surface area contributed by atoms with Crippen LogP contribution in [0.4, 0.5) is 4.39 Å². The molecule has 1 heterocycles.